The van der Waals surface area contributed by atoms with Gasteiger partial charge in [0.05, 0.1) is 26.5 Å². The van der Waals surface area contributed by atoms with Crippen LogP contribution in [0.2, 0.25) is 0 Å². The van der Waals surface area contributed by atoms with Crippen molar-refractivity contribution in [1.82, 2.24) is 14.7 Å². The van der Waals surface area contributed by atoms with Crippen molar-refractivity contribution in [2.75, 3.05) is 26.8 Å². The summed E-state index contributed by atoms with van der Waals surface area (Å²) in [5.74, 6) is -0.429. The Morgan fingerprint density at radius 3 is 2.85 bits per heavy atom. The summed E-state index contributed by atoms with van der Waals surface area (Å²) in [5, 5.41) is 13.2. The van der Waals surface area contributed by atoms with Gasteiger partial charge in [0.2, 0.25) is 0 Å². The van der Waals surface area contributed by atoms with E-state index >= 15 is 0 Å². The molecule has 0 aliphatic carbocycles. The van der Waals surface area contributed by atoms with Gasteiger partial charge in [0.25, 0.3) is 5.91 Å². The van der Waals surface area contributed by atoms with Crippen molar-refractivity contribution in [1.29, 1.82) is 0 Å². The fourth-order valence-electron chi connectivity index (χ4n) is 2.79. The van der Waals surface area contributed by atoms with E-state index in [1.54, 1.807) is 29.1 Å². The lowest BCUT2D eigenvalue weighted by molar-refractivity contribution is -0.154. The molecule has 1 amide bonds. The first kappa shape index (κ1) is 18.7. The third-order valence-corrected chi connectivity index (χ3v) is 4.19. The molecule has 1 aromatic carbocycles. The standard InChI is InChI=1S/C18H21N3O6/c1-20-9-12(8-19-20)11-27-14-4-3-13(7-15(14)25-2)17(22)21-5-6-26-16(10-21)18(23)24/h3-4,7-9,16H,5-6,10-11H2,1-2H3,(H,23,24). The van der Waals surface area contributed by atoms with Gasteiger partial charge in [-0.3, -0.25) is 9.48 Å². The number of ether oxygens (including phenoxy) is 3. The van der Waals surface area contributed by atoms with Gasteiger partial charge in [0, 0.05) is 30.9 Å². The number of rotatable bonds is 6. The molecule has 1 atom stereocenters. The Morgan fingerprint density at radius 1 is 1.37 bits per heavy atom. The van der Waals surface area contributed by atoms with Crippen LogP contribution in [0.3, 0.4) is 0 Å². The second kappa shape index (κ2) is 8.09. The molecule has 27 heavy (non-hydrogen) atoms. The number of hydrogen-bond donors (Lipinski definition) is 1. The number of amides is 1. The molecule has 2 aromatic rings. The maximum absolute atomic E-state index is 12.7. The van der Waals surface area contributed by atoms with Crippen LogP contribution in [0.15, 0.2) is 30.6 Å². The molecular formula is C18H21N3O6. The molecule has 9 heteroatoms. The van der Waals surface area contributed by atoms with Gasteiger partial charge in [-0.25, -0.2) is 4.79 Å². The lowest BCUT2D eigenvalue weighted by Gasteiger charge is -2.31. The predicted octanol–water partition coefficient (Wildman–Crippen LogP) is 0.933. The van der Waals surface area contributed by atoms with E-state index in [1.165, 1.54) is 12.0 Å². The lowest BCUT2D eigenvalue weighted by Crippen LogP contribution is -2.48. The zero-order chi connectivity index (χ0) is 19.4. The summed E-state index contributed by atoms with van der Waals surface area (Å²) >= 11 is 0. The summed E-state index contributed by atoms with van der Waals surface area (Å²) in [6, 6.07) is 4.89. The molecule has 0 saturated carbocycles. The van der Waals surface area contributed by atoms with Crippen molar-refractivity contribution < 1.29 is 28.9 Å². The number of aromatic nitrogens is 2. The molecule has 144 valence electrons. The SMILES string of the molecule is COc1cc(C(=O)N2CCOC(C(=O)O)C2)ccc1OCc1cnn(C)c1. The van der Waals surface area contributed by atoms with Gasteiger partial charge in [-0.2, -0.15) is 5.10 Å². The molecule has 0 radical (unpaired) electrons. The van der Waals surface area contributed by atoms with E-state index in [2.05, 4.69) is 5.10 Å². The molecule has 1 fully saturated rings. The van der Waals surface area contributed by atoms with Crippen LogP contribution >= 0.6 is 0 Å². The van der Waals surface area contributed by atoms with Gasteiger partial charge in [-0.1, -0.05) is 0 Å². The largest absolute Gasteiger partial charge is 0.493 e. The van der Waals surface area contributed by atoms with E-state index in [-0.39, 0.29) is 19.1 Å². The number of aryl methyl sites for hydroxylation is 1. The summed E-state index contributed by atoms with van der Waals surface area (Å²) in [6.45, 7) is 0.854. The Labute approximate surface area is 156 Å². The van der Waals surface area contributed by atoms with Crippen LogP contribution < -0.4 is 9.47 Å². The van der Waals surface area contributed by atoms with Gasteiger partial charge < -0.3 is 24.2 Å². The normalized spacial score (nSPS) is 16.8. The molecule has 1 unspecified atom stereocenters. The van der Waals surface area contributed by atoms with Crippen molar-refractivity contribution in [2.45, 2.75) is 12.7 Å². The maximum atomic E-state index is 12.7. The predicted molar refractivity (Wildman–Crippen MR) is 93.8 cm³/mol. The molecule has 0 bridgehead atoms. The fraction of sp³-hybridized carbons (Fsp3) is 0.389. The lowest BCUT2D eigenvalue weighted by atomic mass is 10.1. The summed E-state index contributed by atoms with van der Waals surface area (Å²) in [6.07, 6.45) is 2.55. The molecule has 1 aromatic heterocycles. The highest BCUT2D eigenvalue weighted by Crippen LogP contribution is 2.29. The van der Waals surface area contributed by atoms with Crippen LogP contribution in [0.1, 0.15) is 15.9 Å². The molecule has 3 rings (SSSR count). The Bertz CT molecular complexity index is 834. The van der Waals surface area contributed by atoms with Gasteiger partial charge in [0.1, 0.15) is 6.61 Å². The Kier molecular flexibility index (Phi) is 5.60. The van der Waals surface area contributed by atoms with Crippen molar-refractivity contribution in [3.8, 4) is 11.5 Å². The minimum atomic E-state index is -1.08. The summed E-state index contributed by atoms with van der Waals surface area (Å²) < 4.78 is 17.9. The summed E-state index contributed by atoms with van der Waals surface area (Å²) in [5.41, 5.74) is 1.30. The number of methoxy groups -OCH3 is 1. The van der Waals surface area contributed by atoms with Crippen LogP contribution in [0.25, 0.3) is 0 Å². The number of benzene rings is 1. The van der Waals surface area contributed by atoms with Crippen LogP contribution in [-0.4, -0.2) is 64.6 Å². The number of carbonyl (C=O) groups excluding carboxylic acids is 1. The number of aliphatic carboxylic acids is 1. The van der Waals surface area contributed by atoms with E-state index in [9.17, 15) is 9.59 Å². The average Bonchev–Trinajstić information content (AvgIpc) is 3.11. The van der Waals surface area contributed by atoms with E-state index in [1.807, 2.05) is 13.2 Å². The molecule has 1 N–H and O–H groups in total. The topological polar surface area (TPSA) is 103 Å². The quantitative estimate of drug-likeness (QED) is 0.801. The molecule has 2 heterocycles. The zero-order valence-electron chi connectivity index (χ0n) is 15.1. The second-order valence-electron chi connectivity index (χ2n) is 6.13. The van der Waals surface area contributed by atoms with Gasteiger partial charge in [-0.15, -0.1) is 0 Å². The van der Waals surface area contributed by atoms with E-state index in [0.717, 1.165) is 5.56 Å². The van der Waals surface area contributed by atoms with Crippen molar-refractivity contribution in [3.63, 3.8) is 0 Å². The third kappa shape index (κ3) is 4.37. The van der Waals surface area contributed by atoms with E-state index < -0.39 is 12.1 Å². The van der Waals surface area contributed by atoms with Crippen LogP contribution in [0, 0.1) is 0 Å². The molecule has 0 spiro atoms. The molecule has 1 saturated heterocycles. The van der Waals surface area contributed by atoms with Crippen LogP contribution in [0.4, 0.5) is 0 Å². The number of morpholine rings is 1. The minimum absolute atomic E-state index is 0.00966. The molecule has 1 aliphatic rings. The van der Waals surface area contributed by atoms with E-state index in [4.69, 9.17) is 19.3 Å². The first-order valence-electron chi connectivity index (χ1n) is 8.40. The second-order valence-corrected chi connectivity index (χ2v) is 6.13. The van der Waals surface area contributed by atoms with Crippen LogP contribution in [0.5, 0.6) is 11.5 Å². The Hall–Kier alpha value is -3.07. The highest BCUT2D eigenvalue weighted by molar-refractivity contribution is 5.95. The van der Waals surface area contributed by atoms with Gasteiger partial charge in [-0.05, 0) is 18.2 Å². The number of hydrogen-bond acceptors (Lipinski definition) is 6. The fourth-order valence-corrected chi connectivity index (χ4v) is 2.79. The zero-order valence-corrected chi connectivity index (χ0v) is 15.1. The number of carbonyl (C=O) groups is 2. The molecule has 9 nitrogen and oxygen atoms in total. The third-order valence-electron chi connectivity index (χ3n) is 4.19. The van der Waals surface area contributed by atoms with Gasteiger partial charge in [0.15, 0.2) is 17.6 Å². The van der Waals surface area contributed by atoms with Crippen LogP contribution in [-0.2, 0) is 23.2 Å². The highest BCUT2D eigenvalue weighted by atomic mass is 16.5. The summed E-state index contributed by atoms with van der Waals surface area (Å²) in [4.78, 5) is 25.3. The Balaban J connectivity index is 1.71. The molecule has 1 aliphatic heterocycles. The smallest absolute Gasteiger partial charge is 0.334 e. The van der Waals surface area contributed by atoms with E-state index in [0.29, 0.717) is 30.2 Å². The molecular weight excluding hydrogens is 354 g/mol. The first-order valence-corrected chi connectivity index (χ1v) is 8.40. The number of nitrogens with zero attached hydrogens (tertiary/aromatic N) is 3. The highest BCUT2D eigenvalue weighted by Gasteiger charge is 2.29. The Morgan fingerprint density at radius 2 is 2.19 bits per heavy atom. The van der Waals surface area contributed by atoms with Crippen molar-refractivity contribution in [3.05, 3.63) is 41.7 Å². The maximum Gasteiger partial charge on any atom is 0.334 e. The monoisotopic (exact) mass is 375 g/mol. The number of carboxylic acids is 1. The van der Waals surface area contributed by atoms with Crippen molar-refractivity contribution >= 4 is 11.9 Å². The van der Waals surface area contributed by atoms with Gasteiger partial charge >= 0.3 is 5.97 Å². The summed E-state index contributed by atoms with van der Waals surface area (Å²) in [7, 11) is 3.32. The van der Waals surface area contributed by atoms with Crippen molar-refractivity contribution in [2.24, 2.45) is 7.05 Å². The first-order chi connectivity index (χ1) is 13.0. The average molecular weight is 375 g/mol. The number of carboxylic acid groups (broad SMARTS) is 1. The minimum Gasteiger partial charge on any atom is -0.493 e.